The van der Waals surface area contributed by atoms with E-state index in [2.05, 4.69) is 26.2 Å². The first-order valence-electron chi connectivity index (χ1n) is 15.4. The number of aryl methyl sites for hydroxylation is 1. The number of imide groups is 1. The molecule has 3 heterocycles. The molecule has 8 rings (SSSR count). The van der Waals surface area contributed by atoms with Crippen molar-refractivity contribution in [3.63, 3.8) is 0 Å². The van der Waals surface area contributed by atoms with Crippen LogP contribution in [0.15, 0.2) is 81.0 Å². The van der Waals surface area contributed by atoms with Crippen LogP contribution in [-0.4, -0.2) is 41.7 Å². The van der Waals surface area contributed by atoms with Crippen LogP contribution >= 0.6 is 39.0 Å². The number of H-pyrrole nitrogens is 1. The van der Waals surface area contributed by atoms with Crippen LogP contribution in [0.25, 0.3) is 0 Å². The highest BCUT2D eigenvalue weighted by Crippen LogP contribution is 2.68. The van der Waals surface area contributed by atoms with Crippen LogP contribution in [0.3, 0.4) is 0 Å². The molecule has 47 heavy (non-hydrogen) atoms. The maximum atomic E-state index is 14.0. The number of aromatic amines is 1. The number of nitrogens with zero attached hydrogens (tertiary/aromatic N) is 1. The normalized spacial score (nSPS) is 27.0. The van der Waals surface area contributed by atoms with E-state index in [9.17, 15) is 19.2 Å². The number of para-hydroxylation sites is 1. The molecule has 0 spiro atoms. The highest BCUT2D eigenvalue weighted by molar-refractivity contribution is 9.10. The molecule has 2 aliphatic carbocycles. The molecule has 7 atom stereocenters. The molecule has 2 N–H and O–H groups in total. The summed E-state index contributed by atoms with van der Waals surface area (Å²) < 4.78 is 12.5. The second kappa shape index (κ2) is 11.7. The second-order valence-electron chi connectivity index (χ2n) is 12.5. The van der Waals surface area contributed by atoms with E-state index in [0.717, 1.165) is 37.6 Å². The second-order valence-corrected chi connectivity index (χ2v) is 15.6. The van der Waals surface area contributed by atoms with Gasteiger partial charge in [0.2, 0.25) is 11.8 Å². The summed E-state index contributed by atoms with van der Waals surface area (Å²) in [6.45, 7) is 1.73. The Balaban J connectivity index is 1.09. The van der Waals surface area contributed by atoms with Gasteiger partial charge < -0.3 is 19.8 Å². The number of methoxy groups -OCH3 is 1. The van der Waals surface area contributed by atoms with E-state index >= 15 is 0 Å². The lowest BCUT2D eigenvalue weighted by Gasteiger charge is -2.43. The largest absolute Gasteiger partial charge is 0.493 e. The van der Waals surface area contributed by atoms with E-state index in [0.29, 0.717) is 17.2 Å². The van der Waals surface area contributed by atoms with E-state index in [1.54, 1.807) is 37.1 Å². The number of carbonyl (C=O) groups is 3. The van der Waals surface area contributed by atoms with Gasteiger partial charge in [-0.05, 0) is 84.7 Å². The summed E-state index contributed by atoms with van der Waals surface area (Å²) in [5.74, 6) is -0.521. The van der Waals surface area contributed by atoms with Gasteiger partial charge in [0.05, 0.1) is 29.7 Å². The standard InChI is InChI=1S/C35H30BrN3O6S2/c1-16-5-3-4-6-22(16)37-25(40)15-45-23-12-7-17(13-24(23)44-2)26-27-20-14-21(30(27)46-32-31(26)47-35(43)38-32)29-28(20)33(41)39(34(29)42)19-10-8-18(36)9-11-19/h3-13,20-21,26-30H,14-15H2,1-2H3,(H,37,40)(H,38,43)/t20-,21-,26-,27?,28?,29?,30?/m1/s1. The van der Waals surface area contributed by atoms with Crippen molar-refractivity contribution in [1.82, 2.24) is 4.98 Å². The Morgan fingerprint density at radius 1 is 1.00 bits per heavy atom. The fourth-order valence-corrected chi connectivity index (χ4v) is 11.4. The van der Waals surface area contributed by atoms with E-state index in [4.69, 9.17) is 9.47 Å². The fraction of sp³-hybridized carbons (Fsp3) is 0.314. The summed E-state index contributed by atoms with van der Waals surface area (Å²) in [5, 5.41) is 3.78. The fourth-order valence-electron chi connectivity index (χ4n) is 8.27. The third-order valence-corrected chi connectivity index (χ3v) is 13.3. The van der Waals surface area contributed by atoms with Crippen molar-refractivity contribution in [2.75, 3.05) is 23.9 Å². The lowest BCUT2D eigenvalue weighted by Crippen LogP contribution is -2.42. The lowest BCUT2D eigenvalue weighted by atomic mass is 9.68. The topological polar surface area (TPSA) is 118 Å². The smallest absolute Gasteiger partial charge is 0.305 e. The van der Waals surface area contributed by atoms with Gasteiger partial charge in [-0.25, -0.2) is 0 Å². The quantitative estimate of drug-likeness (QED) is 0.217. The number of carbonyl (C=O) groups excluding carboxylic acids is 3. The third-order valence-electron chi connectivity index (χ3n) is 10.1. The maximum Gasteiger partial charge on any atom is 0.305 e. The Kier molecular flexibility index (Phi) is 7.57. The molecular formula is C35H30BrN3O6S2. The predicted octanol–water partition coefficient (Wildman–Crippen LogP) is 6.21. The van der Waals surface area contributed by atoms with Crippen LogP contribution in [-0.2, 0) is 14.4 Å². The zero-order valence-electron chi connectivity index (χ0n) is 25.4. The van der Waals surface area contributed by atoms with Crippen molar-refractivity contribution < 1.29 is 23.9 Å². The molecule has 1 aromatic heterocycles. The molecular weight excluding hydrogens is 702 g/mol. The number of thiazole rings is 1. The van der Waals surface area contributed by atoms with Crippen LogP contribution in [0.5, 0.6) is 11.5 Å². The number of nitrogens with one attached hydrogen (secondary N) is 2. The molecule has 0 radical (unpaired) electrons. The number of amides is 3. The summed E-state index contributed by atoms with van der Waals surface area (Å²) in [6.07, 6.45) is 0.799. The molecule has 4 aliphatic rings. The molecule has 4 unspecified atom stereocenters. The first-order valence-corrected chi connectivity index (χ1v) is 17.9. The summed E-state index contributed by atoms with van der Waals surface area (Å²) in [4.78, 5) is 58.5. The lowest BCUT2D eigenvalue weighted by molar-refractivity contribution is -0.123. The molecule has 4 aromatic rings. The first-order chi connectivity index (χ1) is 22.7. The average Bonchev–Trinajstić information content (AvgIpc) is 3.80. The summed E-state index contributed by atoms with van der Waals surface area (Å²) in [5.41, 5.74) is 3.22. The molecule has 12 heteroatoms. The van der Waals surface area contributed by atoms with E-state index in [1.807, 2.05) is 55.5 Å². The molecule has 9 nitrogen and oxygen atoms in total. The van der Waals surface area contributed by atoms with Crippen molar-refractivity contribution in [3.8, 4) is 11.5 Å². The Labute approximate surface area is 287 Å². The van der Waals surface area contributed by atoms with E-state index < -0.39 is 5.92 Å². The Morgan fingerprint density at radius 3 is 2.49 bits per heavy atom. The molecule has 2 aliphatic heterocycles. The van der Waals surface area contributed by atoms with Crippen LogP contribution in [0, 0.1) is 36.5 Å². The van der Waals surface area contributed by atoms with Gasteiger partial charge in [0.1, 0.15) is 0 Å². The minimum atomic E-state index is -0.394. The van der Waals surface area contributed by atoms with Gasteiger partial charge in [-0.1, -0.05) is 51.5 Å². The van der Waals surface area contributed by atoms with Crippen molar-refractivity contribution in [2.24, 2.45) is 29.6 Å². The van der Waals surface area contributed by atoms with Crippen molar-refractivity contribution in [3.05, 3.63) is 96.9 Å². The molecule has 3 fully saturated rings. The molecule has 2 saturated carbocycles. The first kappa shape index (κ1) is 30.5. The molecule has 240 valence electrons. The van der Waals surface area contributed by atoms with Gasteiger partial charge in [-0.3, -0.25) is 24.1 Å². The van der Waals surface area contributed by atoms with Gasteiger partial charge >= 0.3 is 4.87 Å². The van der Waals surface area contributed by atoms with Crippen LogP contribution in [0.2, 0.25) is 0 Å². The molecule has 1 saturated heterocycles. The third kappa shape index (κ3) is 4.95. The Morgan fingerprint density at radius 2 is 1.74 bits per heavy atom. The minimum absolute atomic E-state index is 0.0122. The predicted molar refractivity (Wildman–Crippen MR) is 183 cm³/mol. The zero-order chi connectivity index (χ0) is 32.6. The van der Waals surface area contributed by atoms with Gasteiger partial charge in [-0.2, -0.15) is 0 Å². The van der Waals surface area contributed by atoms with Crippen LogP contribution < -0.4 is 24.6 Å². The number of ether oxygens (including phenoxy) is 2. The molecule has 2 bridgehead atoms. The van der Waals surface area contributed by atoms with Crippen molar-refractivity contribution in [1.29, 1.82) is 0 Å². The summed E-state index contributed by atoms with van der Waals surface area (Å²) >= 11 is 6.30. The number of rotatable bonds is 7. The number of hydrogen-bond donors (Lipinski definition) is 2. The Bertz CT molecular complexity index is 1990. The zero-order valence-corrected chi connectivity index (χ0v) is 28.6. The van der Waals surface area contributed by atoms with Gasteiger partial charge in [0.25, 0.3) is 5.91 Å². The highest BCUT2D eigenvalue weighted by atomic mass is 79.9. The van der Waals surface area contributed by atoms with Crippen LogP contribution in [0.1, 0.15) is 28.3 Å². The highest BCUT2D eigenvalue weighted by Gasteiger charge is 2.69. The molecule has 3 amide bonds. The Hall–Kier alpha value is -3.87. The minimum Gasteiger partial charge on any atom is -0.493 e. The summed E-state index contributed by atoms with van der Waals surface area (Å²) in [6, 6.07) is 20.5. The van der Waals surface area contributed by atoms with Crippen molar-refractivity contribution >= 4 is 68.1 Å². The van der Waals surface area contributed by atoms with Gasteiger partial charge in [0, 0.05) is 26.2 Å². The number of aromatic nitrogens is 1. The average molecular weight is 733 g/mol. The maximum absolute atomic E-state index is 14.0. The number of anilines is 2. The van der Waals surface area contributed by atoms with Gasteiger partial charge in [-0.15, -0.1) is 11.8 Å². The SMILES string of the molecule is COc1cc([C@H]2c3sc(=O)[nH]c3SC3C2[C@H]2C[C@@H]3C3C(=O)N(c4ccc(Br)cc4)C(=O)C32)ccc1OCC(=O)Nc1ccccc1C. The summed E-state index contributed by atoms with van der Waals surface area (Å²) in [7, 11) is 1.56. The number of fused-ring (bicyclic) bond motifs is 9. The number of halogens is 1. The van der Waals surface area contributed by atoms with Crippen LogP contribution in [0.4, 0.5) is 11.4 Å². The van der Waals surface area contributed by atoms with E-state index in [1.165, 1.54) is 16.2 Å². The van der Waals surface area contributed by atoms with E-state index in [-0.39, 0.29) is 64.0 Å². The van der Waals surface area contributed by atoms with Crippen molar-refractivity contribution in [2.45, 2.75) is 29.5 Å². The number of benzene rings is 3. The number of thioether (sulfide) groups is 1. The molecule has 3 aromatic carbocycles. The van der Waals surface area contributed by atoms with Gasteiger partial charge in [0.15, 0.2) is 18.1 Å². The monoisotopic (exact) mass is 731 g/mol. The number of hydrogen-bond acceptors (Lipinski definition) is 8.